The highest BCUT2D eigenvalue weighted by Gasteiger charge is 2.08. The van der Waals surface area contributed by atoms with Gasteiger partial charge in [0, 0.05) is 0 Å². The van der Waals surface area contributed by atoms with Crippen LogP contribution >= 0.6 is 0 Å². The van der Waals surface area contributed by atoms with Gasteiger partial charge in [-0.25, -0.2) is 0 Å². The first-order valence-corrected chi connectivity index (χ1v) is 3.30. The summed E-state index contributed by atoms with van der Waals surface area (Å²) in [6, 6.07) is -0.612. The van der Waals surface area contributed by atoms with Crippen molar-refractivity contribution in [3.8, 4) is 0 Å². The maximum atomic E-state index is 10.8. The van der Waals surface area contributed by atoms with Crippen LogP contribution in [-0.2, 0) is 9.59 Å². The molecule has 2 amide bonds. The number of hydrogen-bond donors (Lipinski definition) is 2. The van der Waals surface area contributed by atoms with Crippen LogP contribution in [0.15, 0.2) is 12.2 Å². The molecule has 0 aliphatic carbocycles. The molecule has 0 spiro atoms. The standard InChI is InChI=1S/C7H12N2O2/c1-3-4-6(10)9-5(2)7(8)11/h3-5H,1-2H3,(H2,8,11)(H,9,10). The summed E-state index contributed by atoms with van der Waals surface area (Å²) in [5.41, 5.74) is 4.90. The quantitative estimate of drug-likeness (QED) is 0.543. The van der Waals surface area contributed by atoms with Gasteiger partial charge in [0.15, 0.2) is 0 Å². The van der Waals surface area contributed by atoms with Gasteiger partial charge in [-0.3, -0.25) is 9.59 Å². The predicted octanol–water partition coefficient (Wildman–Crippen LogP) is -0.448. The van der Waals surface area contributed by atoms with E-state index in [0.29, 0.717) is 0 Å². The minimum atomic E-state index is -0.612. The largest absolute Gasteiger partial charge is 0.368 e. The second kappa shape index (κ2) is 4.49. The number of primary amides is 1. The fourth-order valence-electron chi connectivity index (χ4n) is 0.484. The van der Waals surface area contributed by atoms with Crippen molar-refractivity contribution in [3.05, 3.63) is 12.2 Å². The van der Waals surface area contributed by atoms with Crippen molar-refractivity contribution >= 4 is 11.8 Å². The number of hydrogen-bond acceptors (Lipinski definition) is 2. The van der Waals surface area contributed by atoms with Crippen molar-refractivity contribution in [2.75, 3.05) is 0 Å². The lowest BCUT2D eigenvalue weighted by molar-refractivity contribution is -0.124. The first-order chi connectivity index (χ1) is 5.07. The summed E-state index contributed by atoms with van der Waals surface area (Å²) in [5.74, 6) is -0.846. The Labute approximate surface area is 65.5 Å². The molecule has 0 rings (SSSR count). The normalized spacial score (nSPS) is 12.9. The maximum absolute atomic E-state index is 10.8. The van der Waals surface area contributed by atoms with Crippen LogP contribution in [0.3, 0.4) is 0 Å². The van der Waals surface area contributed by atoms with Gasteiger partial charge < -0.3 is 11.1 Å². The lowest BCUT2D eigenvalue weighted by Gasteiger charge is -2.06. The highest BCUT2D eigenvalue weighted by Crippen LogP contribution is 1.80. The summed E-state index contributed by atoms with van der Waals surface area (Å²) in [7, 11) is 0. The van der Waals surface area contributed by atoms with Gasteiger partial charge in [0.25, 0.3) is 0 Å². The summed E-state index contributed by atoms with van der Waals surface area (Å²) in [6.45, 7) is 3.25. The minimum Gasteiger partial charge on any atom is -0.368 e. The third kappa shape index (κ3) is 4.13. The first-order valence-electron chi connectivity index (χ1n) is 3.30. The molecule has 62 valence electrons. The van der Waals surface area contributed by atoms with Gasteiger partial charge in [-0.05, 0) is 19.9 Å². The van der Waals surface area contributed by atoms with Crippen LogP contribution < -0.4 is 11.1 Å². The average molecular weight is 156 g/mol. The lowest BCUT2D eigenvalue weighted by atomic mass is 10.3. The van der Waals surface area contributed by atoms with E-state index in [1.54, 1.807) is 13.0 Å². The van der Waals surface area contributed by atoms with Crippen LogP contribution in [-0.4, -0.2) is 17.9 Å². The predicted molar refractivity (Wildman–Crippen MR) is 41.6 cm³/mol. The fourth-order valence-corrected chi connectivity index (χ4v) is 0.484. The molecule has 1 unspecified atom stereocenters. The number of nitrogens with two attached hydrogens (primary N) is 1. The smallest absolute Gasteiger partial charge is 0.244 e. The number of amides is 2. The van der Waals surface area contributed by atoms with E-state index in [2.05, 4.69) is 5.32 Å². The van der Waals surface area contributed by atoms with E-state index in [1.807, 2.05) is 0 Å². The van der Waals surface area contributed by atoms with Crippen LogP contribution in [0.1, 0.15) is 13.8 Å². The van der Waals surface area contributed by atoms with E-state index in [-0.39, 0.29) is 5.91 Å². The van der Waals surface area contributed by atoms with Gasteiger partial charge in [-0.1, -0.05) is 6.08 Å². The van der Waals surface area contributed by atoms with Crippen LogP contribution in [0.5, 0.6) is 0 Å². The molecule has 0 aromatic heterocycles. The van der Waals surface area contributed by atoms with Crippen molar-refractivity contribution in [3.63, 3.8) is 0 Å². The maximum Gasteiger partial charge on any atom is 0.244 e. The topological polar surface area (TPSA) is 72.2 Å². The second-order valence-electron chi connectivity index (χ2n) is 2.13. The van der Waals surface area contributed by atoms with E-state index < -0.39 is 11.9 Å². The van der Waals surface area contributed by atoms with E-state index >= 15 is 0 Å². The summed E-state index contributed by atoms with van der Waals surface area (Å²) < 4.78 is 0. The Balaban J connectivity index is 3.85. The number of carbonyl (C=O) groups is 2. The van der Waals surface area contributed by atoms with Crippen molar-refractivity contribution in [1.82, 2.24) is 5.32 Å². The fraction of sp³-hybridized carbons (Fsp3) is 0.429. The third-order valence-electron chi connectivity index (χ3n) is 1.10. The van der Waals surface area contributed by atoms with Gasteiger partial charge in [0.05, 0.1) is 0 Å². The monoisotopic (exact) mass is 156 g/mol. The SMILES string of the molecule is CC=CC(=O)NC(C)C(N)=O. The van der Waals surface area contributed by atoms with Crippen molar-refractivity contribution < 1.29 is 9.59 Å². The van der Waals surface area contributed by atoms with E-state index in [4.69, 9.17) is 5.73 Å². The molecular weight excluding hydrogens is 144 g/mol. The van der Waals surface area contributed by atoms with Gasteiger partial charge in [-0.2, -0.15) is 0 Å². The molecule has 4 heteroatoms. The molecule has 0 aromatic carbocycles. The van der Waals surface area contributed by atoms with Crippen molar-refractivity contribution in [2.24, 2.45) is 5.73 Å². The molecule has 1 atom stereocenters. The Bertz CT molecular complexity index is 187. The molecule has 0 aliphatic heterocycles. The zero-order valence-electron chi connectivity index (χ0n) is 6.63. The van der Waals surface area contributed by atoms with Gasteiger partial charge in [0.1, 0.15) is 6.04 Å². The molecule has 0 heterocycles. The van der Waals surface area contributed by atoms with E-state index in [9.17, 15) is 9.59 Å². The number of allylic oxidation sites excluding steroid dienone is 1. The Morgan fingerprint density at radius 3 is 2.45 bits per heavy atom. The lowest BCUT2D eigenvalue weighted by Crippen LogP contribution is -2.41. The van der Waals surface area contributed by atoms with Crippen LogP contribution in [0.4, 0.5) is 0 Å². The van der Waals surface area contributed by atoms with E-state index in [0.717, 1.165) is 0 Å². The molecule has 0 saturated carbocycles. The molecule has 4 nitrogen and oxygen atoms in total. The Morgan fingerprint density at radius 1 is 1.55 bits per heavy atom. The van der Waals surface area contributed by atoms with Crippen LogP contribution in [0.25, 0.3) is 0 Å². The first kappa shape index (κ1) is 9.68. The summed E-state index contributed by atoms with van der Waals surface area (Å²) in [4.78, 5) is 21.2. The Morgan fingerprint density at radius 2 is 2.09 bits per heavy atom. The summed E-state index contributed by atoms with van der Waals surface area (Å²) >= 11 is 0. The Hall–Kier alpha value is -1.32. The molecule has 0 saturated heterocycles. The van der Waals surface area contributed by atoms with Crippen molar-refractivity contribution in [1.29, 1.82) is 0 Å². The van der Waals surface area contributed by atoms with Gasteiger partial charge in [0.2, 0.25) is 11.8 Å². The van der Waals surface area contributed by atoms with Crippen molar-refractivity contribution in [2.45, 2.75) is 19.9 Å². The third-order valence-corrected chi connectivity index (χ3v) is 1.10. The highest BCUT2D eigenvalue weighted by atomic mass is 16.2. The summed E-state index contributed by atoms with van der Waals surface area (Å²) in [6.07, 6.45) is 2.92. The molecule has 0 aliphatic rings. The molecule has 0 aromatic rings. The number of carbonyl (C=O) groups excluding carboxylic acids is 2. The molecule has 0 fully saturated rings. The molecule has 3 N–H and O–H groups in total. The number of nitrogens with one attached hydrogen (secondary N) is 1. The highest BCUT2D eigenvalue weighted by molar-refractivity contribution is 5.92. The number of rotatable bonds is 3. The molecular formula is C7H12N2O2. The zero-order chi connectivity index (χ0) is 8.85. The second-order valence-corrected chi connectivity index (χ2v) is 2.13. The van der Waals surface area contributed by atoms with Crippen LogP contribution in [0.2, 0.25) is 0 Å². The zero-order valence-corrected chi connectivity index (χ0v) is 6.63. The van der Waals surface area contributed by atoms with Crippen LogP contribution in [0, 0.1) is 0 Å². The van der Waals surface area contributed by atoms with E-state index in [1.165, 1.54) is 13.0 Å². The van der Waals surface area contributed by atoms with Gasteiger partial charge in [-0.15, -0.1) is 0 Å². The minimum absolute atomic E-state index is 0.307. The van der Waals surface area contributed by atoms with Gasteiger partial charge >= 0.3 is 0 Å². The average Bonchev–Trinajstić information content (AvgIpc) is 1.87. The molecule has 11 heavy (non-hydrogen) atoms. The summed E-state index contributed by atoms with van der Waals surface area (Å²) in [5, 5.41) is 2.38. The Kier molecular flexibility index (Phi) is 3.95. The molecule has 0 radical (unpaired) electrons. The molecule has 0 bridgehead atoms.